The van der Waals surface area contributed by atoms with Crippen molar-refractivity contribution in [1.29, 1.82) is 0 Å². The minimum Gasteiger partial charge on any atom is -0.383 e. The summed E-state index contributed by atoms with van der Waals surface area (Å²) in [4.78, 5) is 13.6. The third kappa shape index (κ3) is 3.95. The lowest BCUT2D eigenvalue weighted by molar-refractivity contribution is 0.0255. The van der Waals surface area contributed by atoms with Crippen molar-refractivity contribution >= 4 is 40.0 Å². The Labute approximate surface area is 188 Å². The lowest BCUT2D eigenvalue weighted by Gasteiger charge is -2.24. The summed E-state index contributed by atoms with van der Waals surface area (Å²) < 4.78 is 20.5. The lowest BCUT2D eigenvalue weighted by Crippen LogP contribution is -2.34. The number of nitrogen functional groups attached to an aromatic ring is 1. The number of aromatic nitrogens is 3. The summed E-state index contributed by atoms with van der Waals surface area (Å²) in [5.41, 5.74) is 9.14. The Morgan fingerprint density at radius 3 is 2.88 bits per heavy atom. The molecule has 2 aromatic heterocycles. The maximum absolute atomic E-state index is 14.6. The zero-order chi connectivity index (χ0) is 22.1. The van der Waals surface area contributed by atoms with Crippen molar-refractivity contribution in [3.63, 3.8) is 0 Å². The summed E-state index contributed by atoms with van der Waals surface area (Å²) in [7, 11) is 0. The van der Waals surface area contributed by atoms with Gasteiger partial charge in [-0.3, -0.25) is 4.98 Å². The first kappa shape index (κ1) is 20.6. The van der Waals surface area contributed by atoms with Crippen LogP contribution in [0.2, 0.25) is 5.02 Å². The Bertz CT molecular complexity index is 1290. The highest BCUT2D eigenvalue weighted by molar-refractivity contribution is 6.31. The Morgan fingerprint density at radius 2 is 2.03 bits per heavy atom. The minimum atomic E-state index is -0.398. The number of fused-ring (bicyclic) bond motifs is 1. The molecular weight excluding hydrogens is 431 g/mol. The second kappa shape index (κ2) is 8.66. The van der Waals surface area contributed by atoms with E-state index in [9.17, 15) is 4.39 Å². The molecule has 7 nitrogen and oxygen atoms in total. The van der Waals surface area contributed by atoms with Crippen LogP contribution in [0.15, 0.2) is 54.7 Å². The predicted molar refractivity (Wildman–Crippen MR) is 123 cm³/mol. The van der Waals surface area contributed by atoms with E-state index in [-0.39, 0.29) is 17.9 Å². The Hall–Kier alpha value is -3.33. The molecule has 0 amide bonds. The van der Waals surface area contributed by atoms with Gasteiger partial charge in [0.2, 0.25) is 5.95 Å². The van der Waals surface area contributed by atoms with Crippen molar-refractivity contribution in [2.45, 2.75) is 6.10 Å². The van der Waals surface area contributed by atoms with E-state index in [1.165, 1.54) is 12.1 Å². The number of anilines is 3. The highest BCUT2D eigenvalue weighted by Gasteiger charge is 2.21. The first-order chi connectivity index (χ1) is 15.6. The molecule has 162 valence electrons. The van der Waals surface area contributed by atoms with Gasteiger partial charge in [-0.2, -0.15) is 4.98 Å². The Balaban J connectivity index is 1.59. The van der Waals surface area contributed by atoms with Crippen LogP contribution in [0.4, 0.5) is 21.8 Å². The number of rotatable bonds is 4. The highest BCUT2D eigenvalue weighted by atomic mass is 35.5. The monoisotopic (exact) mass is 450 g/mol. The van der Waals surface area contributed by atoms with E-state index in [4.69, 9.17) is 22.1 Å². The van der Waals surface area contributed by atoms with Gasteiger partial charge in [0, 0.05) is 40.8 Å². The maximum Gasteiger partial charge on any atom is 0.229 e. The fourth-order valence-corrected chi connectivity index (χ4v) is 3.97. The van der Waals surface area contributed by atoms with Crippen LogP contribution in [0.1, 0.15) is 11.8 Å². The number of halogens is 2. The topological polar surface area (TPSA) is 98.0 Å². The van der Waals surface area contributed by atoms with E-state index in [0.717, 1.165) is 12.2 Å². The van der Waals surface area contributed by atoms with Crippen LogP contribution in [-0.2, 0) is 4.74 Å². The molecule has 0 spiro atoms. The van der Waals surface area contributed by atoms with Gasteiger partial charge >= 0.3 is 0 Å². The number of benzene rings is 2. The van der Waals surface area contributed by atoms with Crippen molar-refractivity contribution in [3.8, 4) is 11.1 Å². The normalized spacial score (nSPS) is 16.2. The maximum atomic E-state index is 14.6. The lowest BCUT2D eigenvalue weighted by atomic mass is 10.0. The van der Waals surface area contributed by atoms with E-state index >= 15 is 0 Å². The van der Waals surface area contributed by atoms with Gasteiger partial charge in [-0.05, 0) is 36.4 Å². The highest BCUT2D eigenvalue weighted by Crippen LogP contribution is 2.34. The molecule has 1 atom stereocenters. The summed E-state index contributed by atoms with van der Waals surface area (Å²) in [6.07, 6.45) is 1.52. The Morgan fingerprint density at radius 1 is 1.12 bits per heavy atom. The second-order valence-electron chi connectivity index (χ2n) is 7.38. The summed E-state index contributed by atoms with van der Waals surface area (Å²) in [6, 6.07) is 13.5. The van der Waals surface area contributed by atoms with Gasteiger partial charge in [0.15, 0.2) is 0 Å². The third-order valence-corrected chi connectivity index (χ3v) is 5.53. The van der Waals surface area contributed by atoms with Gasteiger partial charge in [-0.15, -0.1) is 0 Å². The number of hydrogen-bond donors (Lipinski definition) is 3. The summed E-state index contributed by atoms with van der Waals surface area (Å²) in [5.74, 6) is 0.163. The van der Waals surface area contributed by atoms with E-state index < -0.39 is 5.82 Å². The van der Waals surface area contributed by atoms with E-state index in [0.29, 0.717) is 45.9 Å². The van der Waals surface area contributed by atoms with Gasteiger partial charge < -0.3 is 21.1 Å². The van der Waals surface area contributed by atoms with Gasteiger partial charge in [-0.1, -0.05) is 23.7 Å². The second-order valence-corrected chi connectivity index (χ2v) is 7.82. The third-order valence-electron chi connectivity index (χ3n) is 5.29. The molecule has 1 aliphatic rings. The van der Waals surface area contributed by atoms with Crippen LogP contribution in [0, 0.1) is 5.82 Å². The number of para-hydroxylation sites is 1. The summed E-state index contributed by atoms with van der Waals surface area (Å²) in [6.45, 7) is 2.07. The van der Waals surface area contributed by atoms with E-state index in [2.05, 4.69) is 25.6 Å². The van der Waals surface area contributed by atoms with Gasteiger partial charge in [0.05, 0.1) is 23.5 Å². The summed E-state index contributed by atoms with van der Waals surface area (Å²) in [5, 5.41) is 7.57. The van der Waals surface area contributed by atoms with E-state index in [1.807, 2.05) is 12.1 Å². The van der Waals surface area contributed by atoms with Gasteiger partial charge in [0.25, 0.3) is 0 Å². The number of nitrogens with one attached hydrogen (secondary N) is 2. The molecule has 0 bridgehead atoms. The van der Waals surface area contributed by atoms with Gasteiger partial charge in [0.1, 0.15) is 17.7 Å². The molecule has 0 saturated carbocycles. The molecule has 32 heavy (non-hydrogen) atoms. The fraction of sp³-hybridized carbons (Fsp3) is 0.174. The standard InChI is InChI=1S/C23H20ClFN6O/c24-13-6-7-17(25)16(11-13)14-3-1-4-15-20(14)30-23(31-22(15)26)29-18-5-2-8-28-21(18)19-12-27-9-10-32-19/h1-8,11,19,27H,9-10,12H2,(H3,26,29,30,31). The average molecular weight is 451 g/mol. The molecule has 3 heterocycles. The average Bonchev–Trinajstić information content (AvgIpc) is 2.81. The molecule has 1 unspecified atom stereocenters. The largest absolute Gasteiger partial charge is 0.383 e. The number of morpholine rings is 1. The van der Waals surface area contributed by atoms with Crippen LogP contribution in [0.3, 0.4) is 0 Å². The van der Waals surface area contributed by atoms with Crippen molar-refractivity contribution in [3.05, 3.63) is 71.3 Å². The van der Waals surface area contributed by atoms with E-state index in [1.54, 1.807) is 30.5 Å². The zero-order valence-corrected chi connectivity index (χ0v) is 17.7. The molecule has 4 aromatic rings. The molecule has 2 aromatic carbocycles. The molecule has 0 radical (unpaired) electrons. The molecule has 5 rings (SSSR count). The molecule has 1 fully saturated rings. The van der Waals surface area contributed by atoms with Crippen LogP contribution < -0.4 is 16.4 Å². The summed E-state index contributed by atoms with van der Waals surface area (Å²) >= 11 is 6.12. The van der Waals surface area contributed by atoms with Crippen LogP contribution in [0.25, 0.3) is 22.0 Å². The van der Waals surface area contributed by atoms with Crippen LogP contribution in [-0.4, -0.2) is 34.6 Å². The number of nitrogens with two attached hydrogens (primary N) is 1. The number of nitrogens with zero attached hydrogens (tertiary/aromatic N) is 3. The molecule has 0 aliphatic carbocycles. The van der Waals surface area contributed by atoms with Crippen LogP contribution >= 0.6 is 11.6 Å². The quantitative estimate of drug-likeness (QED) is 0.422. The van der Waals surface area contributed by atoms with Crippen LogP contribution in [0.5, 0.6) is 0 Å². The fourth-order valence-electron chi connectivity index (χ4n) is 3.79. The van der Waals surface area contributed by atoms with Crippen molar-refractivity contribution in [2.75, 3.05) is 30.7 Å². The minimum absolute atomic E-state index is 0.193. The number of ether oxygens (including phenoxy) is 1. The first-order valence-corrected chi connectivity index (χ1v) is 10.5. The first-order valence-electron chi connectivity index (χ1n) is 10.2. The molecule has 1 saturated heterocycles. The zero-order valence-electron chi connectivity index (χ0n) is 17.0. The van der Waals surface area contributed by atoms with Crippen molar-refractivity contribution in [1.82, 2.24) is 20.3 Å². The molecule has 1 aliphatic heterocycles. The van der Waals surface area contributed by atoms with Crippen molar-refractivity contribution < 1.29 is 9.13 Å². The molecular formula is C23H20ClFN6O. The smallest absolute Gasteiger partial charge is 0.229 e. The molecule has 4 N–H and O–H groups in total. The van der Waals surface area contributed by atoms with Gasteiger partial charge in [-0.25, -0.2) is 9.37 Å². The molecule has 9 heteroatoms. The number of pyridine rings is 1. The number of hydrogen-bond acceptors (Lipinski definition) is 7. The predicted octanol–water partition coefficient (Wildman–Crippen LogP) is 4.47. The SMILES string of the molecule is Nc1nc(Nc2cccnc2C2CNCCO2)nc2c(-c3cc(Cl)ccc3F)cccc12. The van der Waals surface area contributed by atoms with Crippen molar-refractivity contribution in [2.24, 2.45) is 0 Å². The Kier molecular flexibility index (Phi) is 5.57.